The van der Waals surface area contributed by atoms with Crippen molar-refractivity contribution in [2.75, 3.05) is 0 Å². The minimum Gasteiger partial charge on any atom is -0.264 e. The first-order valence-corrected chi connectivity index (χ1v) is 11.1. The van der Waals surface area contributed by atoms with Crippen molar-refractivity contribution in [3.8, 4) is 44.8 Å². The summed E-state index contributed by atoms with van der Waals surface area (Å²) < 4.78 is 0. The van der Waals surface area contributed by atoms with Crippen LogP contribution in [-0.4, -0.2) is 19.9 Å². The summed E-state index contributed by atoms with van der Waals surface area (Å²) in [5.41, 5.74) is 9.95. The summed E-state index contributed by atoms with van der Waals surface area (Å²) in [6.45, 7) is 0. The summed E-state index contributed by atoms with van der Waals surface area (Å²) in [4.78, 5) is 18.5. The fraction of sp³-hybridized carbons (Fsp3) is 0. The second kappa shape index (κ2) is 8.68. The molecule has 160 valence electrons. The molecule has 34 heavy (non-hydrogen) atoms. The monoisotopic (exact) mass is 436 g/mol. The minimum atomic E-state index is 0.866. The van der Waals surface area contributed by atoms with Crippen LogP contribution in [-0.2, 0) is 0 Å². The van der Waals surface area contributed by atoms with Crippen LogP contribution in [0.15, 0.2) is 122 Å². The van der Waals surface area contributed by atoms with Crippen molar-refractivity contribution in [1.29, 1.82) is 0 Å². The number of hydrogen-bond acceptors (Lipinski definition) is 4. The number of aromatic nitrogens is 4. The van der Waals surface area contributed by atoms with E-state index in [9.17, 15) is 0 Å². The zero-order valence-corrected chi connectivity index (χ0v) is 18.3. The van der Waals surface area contributed by atoms with Gasteiger partial charge in [0.15, 0.2) is 0 Å². The van der Waals surface area contributed by atoms with Gasteiger partial charge in [0, 0.05) is 35.9 Å². The quantitative estimate of drug-likeness (QED) is 0.296. The Morgan fingerprint density at radius 3 is 1.15 bits per heavy atom. The third-order valence-electron chi connectivity index (χ3n) is 5.88. The average molecular weight is 437 g/mol. The van der Waals surface area contributed by atoms with E-state index >= 15 is 0 Å². The first-order chi connectivity index (χ1) is 16.8. The minimum absolute atomic E-state index is 0.866. The largest absolute Gasteiger partial charge is 0.264 e. The zero-order chi connectivity index (χ0) is 22.7. The molecule has 3 aromatic carbocycles. The highest BCUT2D eigenvalue weighted by atomic mass is 14.8. The molecule has 3 heterocycles. The van der Waals surface area contributed by atoms with Gasteiger partial charge in [-0.05, 0) is 46.5 Å². The highest BCUT2D eigenvalue weighted by molar-refractivity contribution is 5.87. The van der Waals surface area contributed by atoms with Gasteiger partial charge < -0.3 is 0 Å². The molecule has 0 atom stereocenters. The molecular formula is C30H20N4. The normalized spacial score (nSPS) is 10.9. The molecule has 4 heteroatoms. The Balaban J connectivity index is 1.46. The Labute approximate surface area is 197 Å². The van der Waals surface area contributed by atoms with Crippen molar-refractivity contribution >= 4 is 11.0 Å². The number of rotatable bonds is 4. The van der Waals surface area contributed by atoms with Crippen molar-refractivity contribution in [3.05, 3.63) is 122 Å². The third kappa shape index (κ3) is 3.82. The van der Waals surface area contributed by atoms with Crippen LogP contribution in [0, 0.1) is 0 Å². The molecule has 0 saturated carbocycles. The van der Waals surface area contributed by atoms with E-state index in [4.69, 9.17) is 9.97 Å². The van der Waals surface area contributed by atoms with E-state index in [1.54, 1.807) is 12.4 Å². The number of fused-ring (bicyclic) bond motifs is 1. The summed E-state index contributed by atoms with van der Waals surface area (Å²) in [5, 5.41) is 0. The molecule has 6 rings (SSSR count). The van der Waals surface area contributed by atoms with E-state index in [-0.39, 0.29) is 0 Å². The first-order valence-electron chi connectivity index (χ1n) is 11.1. The molecule has 3 aromatic heterocycles. The number of nitrogens with zero attached hydrogens (tertiary/aromatic N) is 4. The summed E-state index contributed by atoms with van der Waals surface area (Å²) in [5.74, 6) is 0. The van der Waals surface area contributed by atoms with Crippen LogP contribution in [0.25, 0.3) is 55.8 Å². The molecule has 0 aliphatic heterocycles. The van der Waals surface area contributed by atoms with Crippen molar-refractivity contribution in [3.63, 3.8) is 0 Å². The van der Waals surface area contributed by atoms with Crippen LogP contribution < -0.4 is 0 Å². The molecule has 0 fully saturated rings. The van der Waals surface area contributed by atoms with E-state index < -0.39 is 0 Å². The second-order valence-electron chi connectivity index (χ2n) is 8.05. The fourth-order valence-electron chi connectivity index (χ4n) is 4.11. The van der Waals surface area contributed by atoms with Crippen LogP contribution >= 0.6 is 0 Å². The molecule has 0 aliphatic rings. The van der Waals surface area contributed by atoms with Gasteiger partial charge in [-0.15, -0.1) is 0 Å². The summed E-state index contributed by atoms with van der Waals surface area (Å²) >= 11 is 0. The highest BCUT2D eigenvalue weighted by Crippen LogP contribution is 2.33. The molecule has 0 aliphatic carbocycles. The molecule has 0 amide bonds. The van der Waals surface area contributed by atoms with Gasteiger partial charge in [0.2, 0.25) is 0 Å². The molecule has 0 saturated heterocycles. The molecular weight excluding hydrogens is 416 g/mol. The molecule has 0 radical (unpaired) electrons. The zero-order valence-electron chi connectivity index (χ0n) is 18.3. The van der Waals surface area contributed by atoms with Crippen LogP contribution in [0.3, 0.4) is 0 Å². The van der Waals surface area contributed by atoms with Crippen molar-refractivity contribution in [2.24, 2.45) is 0 Å². The lowest BCUT2D eigenvalue weighted by Gasteiger charge is -2.12. The Morgan fingerprint density at radius 2 is 0.765 bits per heavy atom. The van der Waals surface area contributed by atoms with Crippen molar-refractivity contribution in [2.45, 2.75) is 0 Å². The summed E-state index contributed by atoms with van der Waals surface area (Å²) in [6, 6.07) is 32.9. The Bertz CT molecular complexity index is 1440. The molecule has 0 spiro atoms. The molecule has 0 bridgehead atoms. The van der Waals surface area contributed by atoms with E-state index in [1.165, 1.54) is 0 Å². The number of benzene rings is 3. The maximum absolute atomic E-state index is 5.02. The number of para-hydroxylation sites is 2. The third-order valence-corrected chi connectivity index (χ3v) is 5.88. The van der Waals surface area contributed by atoms with Crippen molar-refractivity contribution < 1.29 is 0 Å². The van der Waals surface area contributed by atoms with Gasteiger partial charge in [-0.1, -0.05) is 72.8 Å². The van der Waals surface area contributed by atoms with Gasteiger partial charge in [-0.25, -0.2) is 9.97 Å². The smallest absolute Gasteiger partial charge is 0.0973 e. The molecule has 4 nitrogen and oxygen atoms in total. The second-order valence-corrected chi connectivity index (χ2v) is 8.05. The molecule has 0 N–H and O–H groups in total. The van der Waals surface area contributed by atoms with Crippen LogP contribution in [0.5, 0.6) is 0 Å². The van der Waals surface area contributed by atoms with Gasteiger partial charge in [0.05, 0.1) is 22.4 Å². The highest BCUT2D eigenvalue weighted by Gasteiger charge is 2.14. The number of pyridine rings is 2. The number of hydrogen-bond donors (Lipinski definition) is 0. The molecule has 6 aromatic rings. The summed E-state index contributed by atoms with van der Waals surface area (Å²) in [7, 11) is 0. The van der Waals surface area contributed by atoms with Gasteiger partial charge in [-0.3, -0.25) is 9.97 Å². The van der Waals surface area contributed by atoms with Gasteiger partial charge in [0.1, 0.15) is 0 Å². The maximum Gasteiger partial charge on any atom is 0.0973 e. The predicted molar refractivity (Wildman–Crippen MR) is 137 cm³/mol. The lowest BCUT2D eigenvalue weighted by Crippen LogP contribution is -1.95. The van der Waals surface area contributed by atoms with Crippen molar-refractivity contribution in [1.82, 2.24) is 19.9 Å². The topological polar surface area (TPSA) is 51.6 Å². The van der Waals surface area contributed by atoms with Gasteiger partial charge in [0.25, 0.3) is 0 Å². The first kappa shape index (κ1) is 19.9. The Morgan fingerprint density at radius 1 is 0.353 bits per heavy atom. The van der Waals surface area contributed by atoms with E-state index in [0.717, 1.165) is 55.8 Å². The summed E-state index contributed by atoms with van der Waals surface area (Å²) in [6.07, 6.45) is 7.32. The van der Waals surface area contributed by atoms with Crippen LogP contribution in [0.4, 0.5) is 0 Å². The SMILES string of the molecule is c1cncc(-c2ccc(-c3nc4ccccc4nc3-c3ccc(-c4cccnc4)cc3)cc2)c1. The Kier molecular flexibility index (Phi) is 5.09. The van der Waals surface area contributed by atoms with E-state index in [1.807, 2.05) is 48.8 Å². The molecule has 0 unspecified atom stereocenters. The van der Waals surface area contributed by atoms with Crippen LogP contribution in [0.2, 0.25) is 0 Å². The van der Waals surface area contributed by atoms with Crippen LogP contribution in [0.1, 0.15) is 0 Å². The fourth-order valence-corrected chi connectivity index (χ4v) is 4.11. The average Bonchev–Trinajstić information content (AvgIpc) is 2.93. The van der Waals surface area contributed by atoms with Gasteiger partial charge in [-0.2, -0.15) is 0 Å². The lowest BCUT2D eigenvalue weighted by atomic mass is 9.99. The van der Waals surface area contributed by atoms with Gasteiger partial charge >= 0.3 is 0 Å². The Hall–Kier alpha value is -4.70. The predicted octanol–water partition coefficient (Wildman–Crippen LogP) is 7.09. The van der Waals surface area contributed by atoms with E-state index in [2.05, 4.69) is 70.6 Å². The van der Waals surface area contributed by atoms with E-state index in [0.29, 0.717) is 0 Å². The maximum atomic E-state index is 5.02. The standard InChI is InChI=1S/C30H20N4/c1-2-8-28-27(7-1)33-29(23-13-9-21(10-14-23)25-5-3-17-31-19-25)30(34-28)24-15-11-22(12-16-24)26-6-4-18-32-20-26/h1-20H. The lowest BCUT2D eigenvalue weighted by molar-refractivity contribution is 1.29.